The molecule has 0 N–H and O–H groups in total. The van der Waals surface area contributed by atoms with Gasteiger partial charge < -0.3 is 9.30 Å². The van der Waals surface area contributed by atoms with Gasteiger partial charge in [0.25, 0.3) is 0 Å². The molecule has 1 aromatic carbocycles. The van der Waals surface area contributed by atoms with Crippen molar-refractivity contribution in [2.75, 3.05) is 6.61 Å². The zero-order valence-corrected chi connectivity index (χ0v) is 11.3. The number of hydrogen-bond donors (Lipinski definition) is 0. The Morgan fingerprint density at radius 2 is 2.32 bits per heavy atom. The smallest absolute Gasteiger partial charge is 0.336 e. The highest BCUT2D eigenvalue weighted by Gasteiger charge is 2.21. The van der Waals surface area contributed by atoms with E-state index in [0.717, 1.165) is 10.0 Å². The van der Waals surface area contributed by atoms with Crippen molar-refractivity contribution >= 4 is 21.8 Å². The third-order valence-electron chi connectivity index (χ3n) is 2.85. The van der Waals surface area contributed by atoms with Gasteiger partial charge in [-0.15, -0.1) is 4.91 Å². The van der Waals surface area contributed by atoms with E-state index in [4.69, 9.17) is 4.74 Å². The molecule has 2 heterocycles. The van der Waals surface area contributed by atoms with Gasteiger partial charge in [0, 0.05) is 15.8 Å². The number of rotatable bonds is 1. The summed E-state index contributed by atoms with van der Waals surface area (Å²) in [5.74, 6) is 0.434. The normalized spacial score (nSPS) is 12.9. The summed E-state index contributed by atoms with van der Waals surface area (Å²) in [5, 5.41) is 2.39. The second-order valence-electron chi connectivity index (χ2n) is 4.03. The number of halogens is 1. The molecule has 0 bridgehead atoms. The maximum atomic E-state index is 11.3. The quantitative estimate of drug-likeness (QED) is 0.757. The van der Waals surface area contributed by atoms with Crippen molar-refractivity contribution in [1.29, 1.82) is 0 Å². The van der Waals surface area contributed by atoms with Crippen molar-refractivity contribution in [1.82, 2.24) is 9.55 Å². The fourth-order valence-electron chi connectivity index (χ4n) is 2.01. The average Bonchev–Trinajstić information content (AvgIpc) is 2.75. The summed E-state index contributed by atoms with van der Waals surface area (Å²) in [4.78, 5) is 25.8. The Kier molecular flexibility index (Phi) is 2.90. The summed E-state index contributed by atoms with van der Waals surface area (Å²) in [7, 11) is 0. The molecule has 3 rings (SSSR count). The van der Waals surface area contributed by atoms with Gasteiger partial charge in [-0.25, -0.2) is 4.98 Å². The van der Waals surface area contributed by atoms with Crippen molar-refractivity contribution < 1.29 is 9.53 Å². The third-order valence-corrected chi connectivity index (χ3v) is 3.35. The van der Waals surface area contributed by atoms with Gasteiger partial charge in [-0.2, -0.15) is 0 Å². The molecule has 0 fully saturated rings. The van der Waals surface area contributed by atoms with Crippen LogP contribution in [0.1, 0.15) is 10.5 Å². The number of nitroso groups, excluding NO2 is 1. The monoisotopic (exact) mass is 321 g/mol. The number of fused-ring (bicyclic) bond motifs is 3. The lowest BCUT2D eigenvalue weighted by Crippen LogP contribution is -2.04. The van der Waals surface area contributed by atoms with Crippen LogP contribution in [0.3, 0.4) is 0 Å². The molecule has 96 valence electrons. The second-order valence-corrected chi connectivity index (χ2v) is 4.94. The Morgan fingerprint density at radius 3 is 3.11 bits per heavy atom. The number of amides is 1. The zero-order chi connectivity index (χ0) is 13.4. The minimum atomic E-state index is -0.861. The molecule has 0 saturated carbocycles. The molecule has 0 unspecified atom stereocenters. The lowest BCUT2D eigenvalue weighted by atomic mass is 10.2. The van der Waals surface area contributed by atoms with Gasteiger partial charge in [0.05, 0.1) is 12.1 Å². The SMILES string of the molecule is O=NC(=O)c1cn2c(n1)-c1ccc(Br)cc1OCC2. The fourth-order valence-corrected chi connectivity index (χ4v) is 2.35. The molecule has 6 nitrogen and oxygen atoms in total. The van der Waals surface area contributed by atoms with Gasteiger partial charge in [0.2, 0.25) is 0 Å². The number of hydrogen-bond acceptors (Lipinski definition) is 4. The number of aromatic nitrogens is 2. The van der Waals surface area contributed by atoms with Crippen LogP contribution in [0.2, 0.25) is 0 Å². The van der Waals surface area contributed by atoms with Gasteiger partial charge in [0.15, 0.2) is 5.69 Å². The van der Waals surface area contributed by atoms with Gasteiger partial charge in [-0.3, -0.25) is 4.79 Å². The molecule has 0 atom stereocenters. The standard InChI is InChI=1S/C12H8BrN3O3/c13-7-1-2-8-10(5-7)19-4-3-16-6-9(12(17)15-18)14-11(8)16/h1-2,5-6H,3-4H2. The summed E-state index contributed by atoms with van der Waals surface area (Å²) in [6.07, 6.45) is 1.53. The van der Waals surface area contributed by atoms with Crippen molar-refractivity contribution in [2.45, 2.75) is 6.54 Å². The molecular weight excluding hydrogens is 314 g/mol. The topological polar surface area (TPSA) is 73.5 Å². The molecule has 1 aliphatic rings. The summed E-state index contributed by atoms with van der Waals surface area (Å²) >= 11 is 3.38. The van der Waals surface area contributed by atoms with Crippen LogP contribution in [0.15, 0.2) is 34.0 Å². The first-order valence-electron chi connectivity index (χ1n) is 5.56. The lowest BCUT2D eigenvalue weighted by molar-refractivity contribution is 0.0996. The average molecular weight is 322 g/mol. The Morgan fingerprint density at radius 1 is 1.47 bits per heavy atom. The van der Waals surface area contributed by atoms with Crippen LogP contribution in [0.25, 0.3) is 11.4 Å². The summed E-state index contributed by atoms with van der Waals surface area (Å²) in [5.41, 5.74) is 0.839. The molecule has 1 aromatic heterocycles. The fraction of sp³-hybridized carbons (Fsp3) is 0.167. The van der Waals surface area contributed by atoms with Crippen molar-refractivity contribution in [3.8, 4) is 17.1 Å². The van der Waals surface area contributed by atoms with Crippen LogP contribution in [0.4, 0.5) is 0 Å². The van der Waals surface area contributed by atoms with E-state index >= 15 is 0 Å². The molecule has 0 spiro atoms. The largest absolute Gasteiger partial charge is 0.491 e. The first-order valence-corrected chi connectivity index (χ1v) is 6.36. The number of ether oxygens (including phenoxy) is 1. The first kappa shape index (κ1) is 12.0. The van der Waals surface area contributed by atoms with Gasteiger partial charge >= 0.3 is 5.91 Å². The number of imidazole rings is 1. The number of nitrogens with zero attached hydrogens (tertiary/aromatic N) is 3. The maximum Gasteiger partial charge on any atom is 0.336 e. The molecule has 0 aliphatic carbocycles. The molecular formula is C12H8BrN3O3. The highest BCUT2D eigenvalue weighted by molar-refractivity contribution is 9.10. The molecule has 7 heteroatoms. The first-order chi connectivity index (χ1) is 9.19. The van der Waals surface area contributed by atoms with Crippen LogP contribution in [-0.2, 0) is 6.54 Å². The second kappa shape index (κ2) is 4.58. The Labute approximate surface area is 116 Å². The summed E-state index contributed by atoms with van der Waals surface area (Å²) in [6.45, 7) is 1.02. The van der Waals surface area contributed by atoms with E-state index in [1.54, 1.807) is 4.57 Å². The van der Waals surface area contributed by atoms with Crippen LogP contribution in [0, 0.1) is 4.91 Å². The Hall–Kier alpha value is -2.02. The highest BCUT2D eigenvalue weighted by atomic mass is 79.9. The molecule has 1 aliphatic heterocycles. The van der Waals surface area contributed by atoms with Crippen molar-refractivity contribution in [3.63, 3.8) is 0 Å². The van der Waals surface area contributed by atoms with Gasteiger partial charge in [-0.1, -0.05) is 15.9 Å². The van der Waals surface area contributed by atoms with Gasteiger partial charge in [-0.05, 0) is 18.2 Å². The minimum absolute atomic E-state index is 0.0563. The molecule has 19 heavy (non-hydrogen) atoms. The highest BCUT2D eigenvalue weighted by Crippen LogP contribution is 2.34. The van der Waals surface area contributed by atoms with Crippen molar-refractivity contribution in [2.24, 2.45) is 5.18 Å². The minimum Gasteiger partial charge on any atom is -0.491 e. The van der Waals surface area contributed by atoms with E-state index in [1.165, 1.54) is 6.20 Å². The van der Waals surface area contributed by atoms with Gasteiger partial charge in [0.1, 0.15) is 18.2 Å². The summed E-state index contributed by atoms with van der Waals surface area (Å²) < 4.78 is 8.33. The molecule has 2 aromatic rings. The molecule has 1 amide bonds. The van der Waals surface area contributed by atoms with E-state index in [1.807, 2.05) is 18.2 Å². The van der Waals surface area contributed by atoms with Crippen LogP contribution in [0.5, 0.6) is 5.75 Å². The van der Waals surface area contributed by atoms with E-state index in [9.17, 15) is 9.70 Å². The lowest BCUT2D eigenvalue weighted by Gasteiger charge is -2.05. The predicted molar refractivity (Wildman–Crippen MR) is 71.0 cm³/mol. The maximum absolute atomic E-state index is 11.3. The predicted octanol–water partition coefficient (Wildman–Crippen LogP) is 2.61. The van der Waals surface area contributed by atoms with E-state index in [2.05, 4.69) is 26.1 Å². The van der Waals surface area contributed by atoms with E-state index in [-0.39, 0.29) is 5.69 Å². The zero-order valence-electron chi connectivity index (χ0n) is 9.67. The summed E-state index contributed by atoms with van der Waals surface area (Å²) in [6, 6.07) is 5.57. The van der Waals surface area contributed by atoms with Crippen molar-refractivity contribution in [3.05, 3.63) is 39.5 Å². The Balaban J connectivity index is 2.17. The van der Waals surface area contributed by atoms with E-state index in [0.29, 0.717) is 24.7 Å². The van der Waals surface area contributed by atoms with Crippen LogP contribution < -0.4 is 4.74 Å². The van der Waals surface area contributed by atoms with Crippen LogP contribution in [-0.4, -0.2) is 22.1 Å². The Bertz CT molecular complexity index is 681. The molecule has 0 radical (unpaired) electrons. The van der Waals surface area contributed by atoms with E-state index < -0.39 is 5.91 Å². The number of carbonyl (C=O) groups is 1. The molecule has 0 saturated heterocycles. The number of benzene rings is 1. The third kappa shape index (κ3) is 2.06. The number of carbonyl (C=O) groups excluding carboxylic acids is 1. The van der Waals surface area contributed by atoms with Crippen LogP contribution >= 0.6 is 15.9 Å².